The molecule has 0 aliphatic carbocycles. The lowest BCUT2D eigenvalue weighted by molar-refractivity contribution is -0.119. The van der Waals surface area contributed by atoms with E-state index in [9.17, 15) is 13.2 Å². The molecule has 6 nitrogen and oxygen atoms in total. The summed E-state index contributed by atoms with van der Waals surface area (Å²) in [4.78, 5) is 10.1. The fourth-order valence-electron chi connectivity index (χ4n) is 1.16. The van der Waals surface area contributed by atoms with Gasteiger partial charge in [0.2, 0.25) is 5.91 Å². The van der Waals surface area contributed by atoms with Crippen molar-refractivity contribution in [3.63, 3.8) is 0 Å². The van der Waals surface area contributed by atoms with Gasteiger partial charge in [0.15, 0.2) is 0 Å². The zero-order valence-corrected chi connectivity index (χ0v) is 9.90. The van der Waals surface area contributed by atoms with E-state index in [0.29, 0.717) is 0 Å². The van der Waals surface area contributed by atoms with Crippen molar-refractivity contribution in [2.24, 2.45) is 0 Å². The summed E-state index contributed by atoms with van der Waals surface area (Å²) in [6.07, 6.45) is 1.76. The van der Waals surface area contributed by atoms with Crippen LogP contribution in [0.2, 0.25) is 0 Å². The summed E-state index contributed by atoms with van der Waals surface area (Å²) in [5.74, 6) is 0.204. The Balaban J connectivity index is 0.000000316. The van der Waals surface area contributed by atoms with Gasteiger partial charge in [-0.05, 0) is 18.6 Å². The van der Waals surface area contributed by atoms with Gasteiger partial charge < -0.3 is 10.8 Å². The van der Waals surface area contributed by atoms with Gasteiger partial charge in [0.1, 0.15) is 0 Å². The first-order valence-electron chi connectivity index (χ1n) is 4.79. The van der Waals surface area contributed by atoms with Crippen molar-refractivity contribution in [3.05, 3.63) is 30.3 Å². The maximum Gasteiger partial charge on any atom is 0.294 e. The first-order valence-corrected chi connectivity index (χ1v) is 6.23. The number of hydrogen-bond donors (Lipinski definition) is 2. The molecule has 2 rings (SSSR count). The van der Waals surface area contributed by atoms with Gasteiger partial charge >= 0.3 is 0 Å². The summed E-state index contributed by atoms with van der Waals surface area (Å²) in [7, 11) is -4.00. The molecule has 0 spiro atoms. The average Bonchev–Trinajstić information content (AvgIpc) is 2.70. The molecule has 1 aliphatic heterocycles. The summed E-state index contributed by atoms with van der Waals surface area (Å²) in [6, 6.07) is 7.42. The van der Waals surface area contributed by atoms with E-state index in [1.807, 2.05) is 0 Å². The highest BCUT2D eigenvalue weighted by atomic mass is 32.2. The van der Waals surface area contributed by atoms with Crippen LogP contribution in [-0.4, -0.2) is 30.9 Å². The number of carbonyl (C=O) groups is 1. The third-order valence-electron chi connectivity index (χ3n) is 1.94. The predicted molar refractivity (Wildman–Crippen MR) is 62.1 cm³/mol. The van der Waals surface area contributed by atoms with Crippen molar-refractivity contribution in [3.8, 4) is 0 Å². The molecule has 1 amide bonds. The zero-order chi connectivity index (χ0) is 12.0. The van der Waals surface area contributed by atoms with Crippen molar-refractivity contribution in [2.75, 3.05) is 6.54 Å². The third kappa shape index (κ3) is 6.00. The molecule has 1 aromatic carbocycles. The van der Waals surface area contributed by atoms with E-state index in [1.165, 1.54) is 12.1 Å². The van der Waals surface area contributed by atoms with E-state index >= 15 is 0 Å². The van der Waals surface area contributed by atoms with Crippen molar-refractivity contribution in [2.45, 2.75) is 17.7 Å². The SMILES string of the molecule is O.O=C1CCCN1.O=S(=O)(O)c1ccccc1. The monoisotopic (exact) mass is 261 g/mol. The highest BCUT2D eigenvalue weighted by molar-refractivity contribution is 7.85. The van der Waals surface area contributed by atoms with Gasteiger partial charge in [0, 0.05) is 13.0 Å². The second-order valence-corrected chi connectivity index (χ2v) is 4.66. The molecule has 0 radical (unpaired) electrons. The van der Waals surface area contributed by atoms with Crippen LogP contribution in [0.3, 0.4) is 0 Å². The van der Waals surface area contributed by atoms with E-state index < -0.39 is 10.1 Å². The Labute approximate surface area is 99.7 Å². The highest BCUT2D eigenvalue weighted by Crippen LogP contribution is 2.05. The third-order valence-corrected chi connectivity index (χ3v) is 2.81. The summed E-state index contributed by atoms with van der Waals surface area (Å²) in [6.45, 7) is 0.888. The van der Waals surface area contributed by atoms with Crippen molar-refractivity contribution in [1.29, 1.82) is 0 Å². The summed E-state index contributed by atoms with van der Waals surface area (Å²) < 4.78 is 29.2. The molecule has 1 fully saturated rings. The van der Waals surface area contributed by atoms with Crippen LogP contribution in [0.15, 0.2) is 35.2 Å². The molecule has 0 atom stereocenters. The Bertz CT molecular complexity index is 435. The van der Waals surface area contributed by atoms with Crippen LogP contribution in [-0.2, 0) is 14.9 Å². The fourth-order valence-corrected chi connectivity index (χ4v) is 1.66. The summed E-state index contributed by atoms with van der Waals surface area (Å²) in [5, 5.41) is 2.68. The van der Waals surface area contributed by atoms with Crippen LogP contribution < -0.4 is 5.32 Å². The van der Waals surface area contributed by atoms with Crippen molar-refractivity contribution < 1.29 is 23.2 Å². The van der Waals surface area contributed by atoms with Gasteiger partial charge in [-0.25, -0.2) is 0 Å². The molecule has 4 N–H and O–H groups in total. The normalized spacial score (nSPS) is 14.1. The Hall–Kier alpha value is -1.44. The van der Waals surface area contributed by atoms with Crippen molar-refractivity contribution >= 4 is 16.0 Å². The van der Waals surface area contributed by atoms with E-state index in [0.717, 1.165) is 19.4 Å². The second kappa shape index (κ2) is 7.00. The molecule has 1 saturated heterocycles. The van der Waals surface area contributed by atoms with Crippen LogP contribution in [0.25, 0.3) is 0 Å². The topological polar surface area (TPSA) is 115 Å². The Morgan fingerprint density at radius 2 is 1.76 bits per heavy atom. The minimum Gasteiger partial charge on any atom is -0.412 e. The molecular formula is C10H15NO5S. The van der Waals surface area contributed by atoms with Crippen LogP contribution in [0, 0.1) is 0 Å². The molecule has 17 heavy (non-hydrogen) atoms. The quantitative estimate of drug-likeness (QED) is 0.692. The number of nitrogens with one attached hydrogen (secondary N) is 1. The van der Waals surface area contributed by atoms with Gasteiger partial charge in [-0.3, -0.25) is 9.35 Å². The number of carbonyl (C=O) groups excluding carboxylic acids is 1. The van der Waals surface area contributed by atoms with Crippen LogP contribution >= 0.6 is 0 Å². The maximum atomic E-state index is 10.4. The number of hydrogen-bond acceptors (Lipinski definition) is 3. The van der Waals surface area contributed by atoms with Crippen LogP contribution in [0.5, 0.6) is 0 Å². The molecule has 0 bridgehead atoms. The molecule has 1 aliphatic rings. The lowest BCUT2D eigenvalue weighted by Crippen LogP contribution is -2.12. The molecule has 1 aromatic rings. The zero-order valence-electron chi connectivity index (χ0n) is 9.09. The lowest BCUT2D eigenvalue weighted by atomic mass is 10.4. The second-order valence-electron chi connectivity index (χ2n) is 3.24. The number of benzene rings is 1. The van der Waals surface area contributed by atoms with Gasteiger partial charge in [0.25, 0.3) is 10.1 Å². The maximum absolute atomic E-state index is 10.4. The molecule has 96 valence electrons. The summed E-state index contributed by atoms with van der Waals surface area (Å²) in [5.41, 5.74) is 0. The van der Waals surface area contributed by atoms with Crippen LogP contribution in [0.1, 0.15) is 12.8 Å². The smallest absolute Gasteiger partial charge is 0.294 e. The first kappa shape index (κ1) is 15.6. The van der Waals surface area contributed by atoms with Gasteiger partial charge in [-0.15, -0.1) is 0 Å². The Morgan fingerprint density at radius 3 is 2.00 bits per heavy atom. The predicted octanol–water partition coefficient (Wildman–Crippen LogP) is 0.00500. The molecule has 1 heterocycles. The van der Waals surface area contributed by atoms with Gasteiger partial charge in [0.05, 0.1) is 4.90 Å². The number of rotatable bonds is 1. The standard InChI is InChI=1S/C6H6O3S.C4H7NO.H2O/c7-10(8,9)6-4-2-1-3-5-6;6-4-2-1-3-5-4;/h1-5H,(H,7,8,9);1-3H2,(H,5,6);1H2. The van der Waals surface area contributed by atoms with E-state index in [1.54, 1.807) is 18.2 Å². The van der Waals surface area contributed by atoms with E-state index in [4.69, 9.17) is 4.55 Å². The van der Waals surface area contributed by atoms with E-state index in [-0.39, 0.29) is 16.3 Å². The van der Waals surface area contributed by atoms with Gasteiger partial charge in [-0.2, -0.15) is 8.42 Å². The molecular weight excluding hydrogens is 246 g/mol. The molecule has 0 saturated carbocycles. The highest BCUT2D eigenvalue weighted by Gasteiger charge is 2.06. The molecule has 7 heteroatoms. The minimum absolute atomic E-state index is 0. The van der Waals surface area contributed by atoms with E-state index in [2.05, 4.69) is 5.32 Å². The fraction of sp³-hybridized carbons (Fsp3) is 0.300. The largest absolute Gasteiger partial charge is 0.412 e. The Kier molecular flexibility index (Phi) is 6.40. The van der Waals surface area contributed by atoms with Crippen LogP contribution in [0.4, 0.5) is 0 Å². The summed E-state index contributed by atoms with van der Waals surface area (Å²) >= 11 is 0. The van der Waals surface area contributed by atoms with Gasteiger partial charge in [-0.1, -0.05) is 18.2 Å². The first-order chi connectivity index (χ1) is 7.50. The number of amides is 1. The minimum atomic E-state index is -4.00. The van der Waals surface area contributed by atoms with Crippen molar-refractivity contribution in [1.82, 2.24) is 5.32 Å². The Morgan fingerprint density at radius 1 is 1.18 bits per heavy atom. The molecule has 0 unspecified atom stereocenters. The molecule has 0 aromatic heterocycles. The average molecular weight is 261 g/mol. The lowest BCUT2D eigenvalue weighted by Gasteiger charge is -1.92.